The smallest absolute Gasteiger partial charge is 0.228 e. The van der Waals surface area contributed by atoms with Crippen LogP contribution in [-0.2, 0) is 13.0 Å². The van der Waals surface area contributed by atoms with E-state index >= 15 is 0 Å². The third kappa shape index (κ3) is 4.52. The van der Waals surface area contributed by atoms with Gasteiger partial charge in [-0.15, -0.1) is 0 Å². The van der Waals surface area contributed by atoms with Crippen molar-refractivity contribution in [1.29, 1.82) is 5.41 Å². The molecule has 0 aliphatic carbocycles. The van der Waals surface area contributed by atoms with Crippen LogP contribution in [0.2, 0.25) is 0 Å². The number of hydrogen-bond acceptors (Lipinski definition) is 6. The minimum absolute atomic E-state index is 0.128. The standard InChI is InChI=1S/C29H29N3O4/c1-3-34-23-13-10-19(16-25(23)35-4-2)14-15-32-18-31-29-27(28(32)30)26(20-8-6-5-7-9-20)22-12-11-21(33)17-24(22)36-29/h5-13,16-18,26,30,33H,3-4,14-15H2,1-2H3/t26-/m0/s1. The fraction of sp³-hybridized carbons (Fsp3) is 0.241. The van der Waals surface area contributed by atoms with Gasteiger partial charge in [0.25, 0.3) is 0 Å². The molecule has 3 aromatic carbocycles. The van der Waals surface area contributed by atoms with Crippen molar-refractivity contribution in [3.8, 4) is 28.9 Å². The summed E-state index contributed by atoms with van der Waals surface area (Å²) in [6.45, 7) is 5.61. The first-order valence-electron chi connectivity index (χ1n) is 12.2. The van der Waals surface area contributed by atoms with Crippen molar-refractivity contribution in [3.63, 3.8) is 0 Å². The van der Waals surface area contributed by atoms with E-state index in [1.54, 1.807) is 18.5 Å². The molecule has 1 atom stereocenters. The lowest BCUT2D eigenvalue weighted by atomic mass is 9.84. The highest BCUT2D eigenvalue weighted by Crippen LogP contribution is 2.45. The van der Waals surface area contributed by atoms with Crippen LogP contribution in [0.3, 0.4) is 0 Å². The van der Waals surface area contributed by atoms with Gasteiger partial charge in [-0.1, -0.05) is 42.5 Å². The monoisotopic (exact) mass is 483 g/mol. The van der Waals surface area contributed by atoms with E-state index in [-0.39, 0.29) is 11.7 Å². The second kappa shape index (κ2) is 10.2. The molecule has 0 saturated carbocycles. The van der Waals surface area contributed by atoms with Gasteiger partial charge in [0.2, 0.25) is 5.88 Å². The molecule has 184 valence electrons. The minimum Gasteiger partial charge on any atom is -0.508 e. The maximum atomic E-state index is 10.0. The summed E-state index contributed by atoms with van der Waals surface area (Å²) < 4.78 is 19.3. The predicted octanol–water partition coefficient (Wildman–Crippen LogP) is 5.39. The lowest BCUT2D eigenvalue weighted by molar-refractivity contribution is 0.287. The summed E-state index contributed by atoms with van der Waals surface area (Å²) in [4.78, 5) is 4.58. The third-order valence-electron chi connectivity index (χ3n) is 6.27. The molecule has 7 heteroatoms. The summed E-state index contributed by atoms with van der Waals surface area (Å²) >= 11 is 0. The Labute approximate surface area is 210 Å². The topological polar surface area (TPSA) is 89.6 Å². The highest BCUT2D eigenvalue weighted by atomic mass is 16.5. The normalized spacial score (nSPS) is 13.9. The number of aryl methyl sites for hydroxylation is 2. The highest BCUT2D eigenvalue weighted by molar-refractivity contribution is 5.57. The van der Waals surface area contributed by atoms with Crippen LogP contribution in [0.1, 0.15) is 42.0 Å². The number of phenols is 1. The molecule has 0 amide bonds. The molecule has 0 radical (unpaired) electrons. The maximum Gasteiger partial charge on any atom is 0.228 e. The largest absolute Gasteiger partial charge is 0.508 e. The molecule has 1 aliphatic rings. The molecular weight excluding hydrogens is 454 g/mol. The van der Waals surface area contributed by atoms with E-state index in [9.17, 15) is 5.11 Å². The number of nitrogens with zero attached hydrogens (tertiary/aromatic N) is 2. The number of ether oxygens (including phenoxy) is 3. The van der Waals surface area contributed by atoms with E-state index in [1.807, 2.05) is 73.0 Å². The van der Waals surface area contributed by atoms with Crippen molar-refractivity contribution >= 4 is 0 Å². The van der Waals surface area contributed by atoms with E-state index in [2.05, 4.69) is 4.98 Å². The Morgan fingerprint density at radius 3 is 2.53 bits per heavy atom. The SMILES string of the molecule is CCOc1ccc(CCn2cnc3c(c2=N)[C@@H](c2ccccc2)c2ccc(O)cc2O3)cc1OCC. The van der Waals surface area contributed by atoms with Crippen molar-refractivity contribution in [3.05, 3.63) is 101 Å². The van der Waals surface area contributed by atoms with Gasteiger partial charge in [0.15, 0.2) is 11.5 Å². The zero-order valence-corrected chi connectivity index (χ0v) is 20.4. The Bertz CT molecular complexity index is 1430. The van der Waals surface area contributed by atoms with Crippen LogP contribution in [0.25, 0.3) is 0 Å². The lowest BCUT2D eigenvalue weighted by Gasteiger charge is -2.28. The number of phenolic OH excluding ortho intramolecular Hbond substituents is 1. The number of hydrogen-bond donors (Lipinski definition) is 2. The number of aromatic hydroxyl groups is 1. The van der Waals surface area contributed by atoms with Crippen LogP contribution < -0.4 is 19.7 Å². The number of aromatic nitrogens is 2. The molecule has 5 rings (SSSR count). The summed E-state index contributed by atoms with van der Waals surface area (Å²) in [5, 5.41) is 19.1. The Hall–Kier alpha value is -4.26. The van der Waals surface area contributed by atoms with Gasteiger partial charge in [0.05, 0.1) is 18.8 Å². The van der Waals surface area contributed by atoms with Gasteiger partial charge in [-0.2, -0.15) is 0 Å². The minimum atomic E-state index is -0.229. The molecule has 0 spiro atoms. The summed E-state index contributed by atoms with van der Waals surface area (Å²) in [7, 11) is 0. The van der Waals surface area contributed by atoms with Crippen molar-refractivity contribution in [2.75, 3.05) is 13.2 Å². The summed E-state index contributed by atoms with van der Waals surface area (Å²) in [5.41, 5.74) is 4.08. The second-order valence-electron chi connectivity index (χ2n) is 8.57. The quantitative estimate of drug-likeness (QED) is 0.309. The molecule has 0 fully saturated rings. The van der Waals surface area contributed by atoms with Gasteiger partial charge < -0.3 is 23.9 Å². The number of benzene rings is 3. The van der Waals surface area contributed by atoms with Gasteiger partial charge in [-0.05, 0) is 49.6 Å². The van der Waals surface area contributed by atoms with E-state index in [0.29, 0.717) is 48.9 Å². The number of rotatable bonds is 8. The first-order chi connectivity index (χ1) is 17.6. The van der Waals surface area contributed by atoms with Crippen LogP contribution in [0.4, 0.5) is 0 Å². The van der Waals surface area contributed by atoms with E-state index in [1.165, 1.54) is 0 Å². The van der Waals surface area contributed by atoms with Crippen molar-refractivity contribution in [2.24, 2.45) is 0 Å². The van der Waals surface area contributed by atoms with E-state index < -0.39 is 0 Å². The van der Waals surface area contributed by atoms with Gasteiger partial charge in [-0.25, -0.2) is 4.98 Å². The van der Waals surface area contributed by atoms with Crippen LogP contribution >= 0.6 is 0 Å². The third-order valence-corrected chi connectivity index (χ3v) is 6.27. The van der Waals surface area contributed by atoms with Gasteiger partial charge in [0, 0.05) is 24.1 Å². The second-order valence-corrected chi connectivity index (χ2v) is 8.57. The van der Waals surface area contributed by atoms with Gasteiger partial charge in [0.1, 0.15) is 23.3 Å². The molecule has 4 aromatic rings. The number of nitrogens with one attached hydrogen (secondary N) is 1. The summed E-state index contributed by atoms with van der Waals surface area (Å²) in [6.07, 6.45) is 2.35. The molecule has 1 aliphatic heterocycles. The zero-order chi connectivity index (χ0) is 25.1. The van der Waals surface area contributed by atoms with Crippen LogP contribution in [0.15, 0.2) is 73.1 Å². The molecule has 0 unspecified atom stereocenters. The Morgan fingerprint density at radius 1 is 0.972 bits per heavy atom. The Kier molecular flexibility index (Phi) is 6.62. The number of fused-ring (bicyclic) bond motifs is 2. The van der Waals surface area contributed by atoms with Crippen molar-refractivity contribution < 1.29 is 19.3 Å². The molecule has 36 heavy (non-hydrogen) atoms. The van der Waals surface area contributed by atoms with Gasteiger partial charge >= 0.3 is 0 Å². The zero-order valence-electron chi connectivity index (χ0n) is 20.4. The van der Waals surface area contributed by atoms with Crippen LogP contribution in [0.5, 0.6) is 28.9 Å². The average Bonchev–Trinajstić information content (AvgIpc) is 2.89. The van der Waals surface area contributed by atoms with Crippen LogP contribution in [-0.4, -0.2) is 27.9 Å². The molecule has 1 aromatic heterocycles. The fourth-order valence-corrected chi connectivity index (χ4v) is 4.62. The van der Waals surface area contributed by atoms with E-state index in [0.717, 1.165) is 28.2 Å². The van der Waals surface area contributed by atoms with Crippen molar-refractivity contribution in [2.45, 2.75) is 32.7 Å². The predicted molar refractivity (Wildman–Crippen MR) is 136 cm³/mol. The summed E-state index contributed by atoms with van der Waals surface area (Å²) in [5.74, 6) is 2.31. The van der Waals surface area contributed by atoms with E-state index in [4.69, 9.17) is 19.6 Å². The average molecular weight is 484 g/mol. The van der Waals surface area contributed by atoms with Gasteiger partial charge in [-0.3, -0.25) is 5.41 Å². The molecule has 2 heterocycles. The molecule has 7 nitrogen and oxygen atoms in total. The molecule has 0 bridgehead atoms. The van der Waals surface area contributed by atoms with Crippen molar-refractivity contribution in [1.82, 2.24) is 9.55 Å². The summed E-state index contributed by atoms with van der Waals surface area (Å²) in [6, 6.07) is 21.1. The Morgan fingerprint density at radius 2 is 1.75 bits per heavy atom. The lowest BCUT2D eigenvalue weighted by Crippen LogP contribution is -2.30. The van der Waals surface area contributed by atoms with Crippen LogP contribution in [0, 0.1) is 5.41 Å². The maximum absolute atomic E-state index is 10.0. The first-order valence-corrected chi connectivity index (χ1v) is 12.2. The first kappa shape index (κ1) is 23.5. The highest BCUT2D eigenvalue weighted by Gasteiger charge is 2.32. The fourth-order valence-electron chi connectivity index (χ4n) is 4.62. The molecular formula is C29H29N3O4. The molecule has 2 N–H and O–H groups in total. The Balaban J connectivity index is 1.49. The molecule has 0 saturated heterocycles.